The lowest BCUT2D eigenvalue weighted by atomic mass is 9.82. The summed E-state index contributed by atoms with van der Waals surface area (Å²) in [4.78, 5) is 15.1. The summed E-state index contributed by atoms with van der Waals surface area (Å²) in [6.45, 7) is 5.94. The fraction of sp³-hybridized carbons (Fsp3) is 0.550. The first-order valence-corrected chi connectivity index (χ1v) is 9.00. The zero-order valence-electron chi connectivity index (χ0n) is 14.8. The molecule has 1 atom stereocenters. The third-order valence-corrected chi connectivity index (χ3v) is 5.23. The molecule has 0 fully saturated rings. The van der Waals surface area contributed by atoms with Crippen LogP contribution in [-0.2, 0) is 11.2 Å². The van der Waals surface area contributed by atoms with Crippen LogP contribution < -0.4 is 10.1 Å². The van der Waals surface area contributed by atoms with E-state index in [0.29, 0.717) is 0 Å². The lowest BCUT2D eigenvalue weighted by Gasteiger charge is -2.27. The van der Waals surface area contributed by atoms with Gasteiger partial charge in [0.05, 0.1) is 13.0 Å². The predicted octanol–water partition coefficient (Wildman–Crippen LogP) is 2.88. The summed E-state index contributed by atoms with van der Waals surface area (Å²) in [5.41, 5.74) is 3.91. The maximum Gasteiger partial charge on any atom is 0.227 e. The number of ether oxygens (including phenoxy) is 1. The van der Waals surface area contributed by atoms with E-state index in [0.717, 1.165) is 63.2 Å². The van der Waals surface area contributed by atoms with E-state index < -0.39 is 0 Å². The van der Waals surface area contributed by atoms with E-state index in [1.807, 2.05) is 12.1 Å². The van der Waals surface area contributed by atoms with Crippen LogP contribution in [0.3, 0.4) is 0 Å². The molecule has 24 heavy (non-hydrogen) atoms. The van der Waals surface area contributed by atoms with Crippen LogP contribution >= 0.6 is 0 Å². The van der Waals surface area contributed by atoms with E-state index in [2.05, 4.69) is 29.3 Å². The van der Waals surface area contributed by atoms with Gasteiger partial charge in [0, 0.05) is 26.2 Å². The van der Waals surface area contributed by atoms with Crippen molar-refractivity contribution < 1.29 is 9.53 Å². The van der Waals surface area contributed by atoms with Gasteiger partial charge < -0.3 is 10.1 Å². The molecule has 1 heterocycles. The number of benzene rings is 1. The molecule has 130 valence electrons. The minimum absolute atomic E-state index is 0.0349. The molecule has 4 heteroatoms. The van der Waals surface area contributed by atoms with Gasteiger partial charge in [-0.3, -0.25) is 9.69 Å². The topological polar surface area (TPSA) is 41.6 Å². The summed E-state index contributed by atoms with van der Waals surface area (Å²) in [5.74, 6) is 0.962. The normalized spacial score (nSPS) is 20.9. The van der Waals surface area contributed by atoms with Gasteiger partial charge in [0.25, 0.3) is 0 Å². The second kappa shape index (κ2) is 7.84. The molecule has 1 unspecified atom stereocenters. The Kier molecular flexibility index (Phi) is 5.56. The van der Waals surface area contributed by atoms with Gasteiger partial charge in [0.1, 0.15) is 5.75 Å². The van der Waals surface area contributed by atoms with Crippen molar-refractivity contribution in [2.24, 2.45) is 0 Å². The van der Waals surface area contributed by atoms with Gasteiger partial charge in [-0.25, -0.2) is 0 Å². The molecule has 1 aromatic carbocycles. The van der Waals surface area contributed by atoms with Crippen LogP contribution in [0.15, 0.2) is 29.8 Å². The SMILES string of the molecule is COc1ccc2c(c1)C(C(=O)NCCN1CC=C(C)CC1)CCC2. The Balaban J connectivity index is 1.56. The summed E-state index contributed by atoms with van der Waals surface area (Å²) in [6.07, 6.45) is 6.49. The minimum atomic E-state index is -0.0349. The first kappa shape index (κ1) is 17.0. The number of nitrogens with one attached hydrogen (secondary N) is 1. The monoisotopic (exact) mass is 328 g/mol. The molecule has 1 aliphatic heterocycles. The van der Waals surface area contributed by atoms with E-state index in [4.69, 9.17) is 4.74 Å². The Hall–Kier alpha value is -1.81. The largest absolute Gasteiger partial charge is 0.497 e. The minimum Gasteiger partial charge on any atom is -0.497 e. The highest BCUT2D eigenvalue weighted by Gasteiger charge is 2.26. The summed E-state index contributed by atoms with van der Waals surface area (Å²) >= 11 is 0. The second-order valence-electron chi connectivity index (χ2n) is 6.90. The van der Waals surface area contributed by atoms with E-state index in [1.54, 1.807) is 7.11 Å². The highest BCUT2D eigenvalue weighted by Crippen LogP contribution is 2.34. The van der Waals surface area contributed by atoms with Gasteiger partial charge in [-0.2, -0.15) is 0 Å². The standard InChI is InChI=1S/C20H28N2O2/c1-15-8-11-22(12-9-15)13-10-21-20(23)18-5-3-4-16-6-7-17(24-2)14-19(16)18/h6-8,14,18H,3-5,9-13H2,1-2H3,(H,21,23). The molecule has 1 aliphatic carbocycles. The Morgan fingerprint density at radius 2 is 2.25 bits per heavy atom. The van der Waals surface area contributed by atoms with E-state index in [9.17, 15) is 4.79 Å². The molecule has 1 aromatic rings. The number of carbonyl (C=O) groups is 1. The van der Waals surface area contributed by atoms with Crippen LogP contribution in [-0.4, -0.2) is 44.1 Å². The quantitative estimate of drug-likeness (QED) is 0.845. The molecule has 0 radical (unpaired) electrons. The lowest BCUT2D eigenvalue weighted by Crippen LogP contribution is -2.39. The van der Waals surface area contributed by atoms with Crippen molar-refractivity contribution >= 4 is 5.91 Å². The summed E-state index contributed by atoms with van der Waals surface area (Å²) in [5, 5.41) is 3.15. The van der Waals surface area contributed by atoms with E-state index in [-0.39, 0.29) is 11.8 Å². The van der Waals surface area contributed by atoms with Crippen molar-refractivity contribution in [1.29, 1.82) is 0 Å². The Morgan fingerprint density at radius 1 is 1.38 bits per heavy atom. The van der Waals surface area contributed by atoms with Crippen molar-refractivity contribution in [3.8, 4) is 5.75 Å². The molecule has 0 spiro atoms. The highest BCUT2D eigenvalue weighted by atomic mass is 16.5. The number of methoxy groups -OCH3 is 1. The summed E-state index contributed by atoms with van der Waals surface area (Å²) < 4.78 is 5.33. The van der Waals surface area contributed by atoms with Crippen molar-refractivity contribution in [3.63, 3.8) is 0 Å². The number of amides is 1. The van der Waals surface area contributed by atoms with E-state index in [1.165, 1.54) is 11.1 Å². The van der Waals surface area contributed by atoms with Crippen molar-refractivity contribution in [1.82, 2.24) is 10.2 Å². The number of nitrogens with zero attached hydrogens (tertiary/aromatic N) is 1. The van der Waals surface area contributed by atoms with Crippen LogP contribution in [0.1, 0.15) is 43.2 Å². The number of hydrogen-bond acceptors (Lipinski definition) is 3. The molecule has 0 saturated carbocycles. The third-order valence-electron chi connectivity index (χ3n) is 5.23. The van der Waals surface area contributed by atoms with Gasteiger partial charge in [-0.05, 0) is 55.9 Å². The van der Waals surface area contributed by atoms with Crippen molar-refractivity contribution in [2.75, 3.05) is 33.3 Å². The van der Waals surface area contributed by atoms with Gasteiger partial charge in [0.2, 0.25) is 5.91 Å². The van der Waals surface area contributed by atoms with Crippen LogP contribution in [0.2, 0.25) is 0 Å². The number of fused-ring (bicyclic) bond motifs is 1. The Labute approximate surface area is 144 Å². The maximum absolute atomic E-state index is 12.7. The smallest absolute Gasteiger partial charge is 0.227 e. The number of hydrogen-bond donors (Lipinski definition) is 1. The van der Waals surface area contributed by atoms with E-state index >= 15 is 0 Å². The van der Waals surface area contributed by atoms with Gasteiger partial charge in [0.15, 0.2) is 0 Å². The molecule has 0 aromatic heterocycles. The van der Waals surface area contributed by atoms with Crippen LogP contribution in [0.5, 0.6) is 5.75 Å². The van der Waals surface area contributed by atoms with Crippen LogP contribution in [0.25, 0.3) is 0 Å². The number of rotatable bonds is 5. The maximum atomic E-state index is 12.7. The molecule has 0 bridgehead atoms. The third kappa shape index (κ3) is 3.99. The average molecular weight is 328 g/mol. The molecule has 2 aliphatic rings. The van der Waals surface area contributed by atoms with Crippen molar-refractivity contribution in [3.05, 3.63) is 41.0 Å². The zero-order chi connectivity index (χ0) is 16.9. The fourth-order valence-electron chi connectivity index (χ4n) is 3.65. The molecule has 0 saturated heterocycles. The molecule has 1 N–H and O–H groups in total. The lowest BCUT2D eigenvalue weighted by molar-refractivity contribution is -0.122. The fourth-order valence-corrected chi connectivity index (χ4v) is 3.65. The predicted molar refractivity (Wildman–Crippen MR) is 96.5 cm³/mol. The zero-order valence-corrected chi connectivity index (χ0v) is 14.8. The second-order valence-corrected chi connectivity index (χ2v) is 6.90. The van der Waals surface area contributed by atoms with Gasteiger partial charge in [-0.15, -0.1) is 0 Å². The first-order valence-electron chi connectivity index (χ1n) is 9.00. The molecular formula is C20H28N2O2. The first-order chi connectivity index (χ1) is 11.7. The summed E-state index contributed by atoms with van der Waals surface area (Å²) in [7, 11) is 1.68. The highest BCUT2D eigenvalue weighted by molar-refractivity contribution is 5.84. The molecular weight excluding hydrogens is 300 g/mol. The Morgan fingerprint density at radius 3 is 3.00 bits per heavy atom. The Bertz CT molecular complexity index is 624. The molecule has 3 rings (SSSR count). The summed E-state index contributed by atoms with van der Waals surface area (Å²) in [6, 6.07) is 6.14. The van der Waals surface area contributed by atoms with Crippen LogP contribution in [0, 0.1) is 0 Å². The number of aryl methyl sites for hydroxylation is 1. The van der Waals surface area contributed by atoms with Gasteiger partial charge >= 0.3 is 0 Å². The van der Waals surface area contributed by atoms with Gasteiger partial charge in [-0.1, -0.05) is 17.7 Å². The molecule has 4 nitrogen and oxygen atoms in total. The average Bonchev–Trinajstić information content (AvgIpc) is 2.62. The number of carbonyl (C=O) groups excluding carboxylic acids is 1. The molecule has 1 amide bonds. The van der Waals surface area contributed by atoms with Crippen molar-refractivity contribution in [2.45, 2.75) is 38.5 Å². The van der Waals surface area contributed by atoms with Crippen LogP contribution in [0.4, 0.5) is 0 Å².